The van der Waals surface area contributed by atoms with Gasteiger partial charge in [0.05, 0.1) is 0 Å². The summed E-state index contributed by atoms with van der Waals surface area (Å²) < 4.78 is 26.7. The molecular formula is C14H22F2N2. The van der Waals surface area contributed by atoms with Crippen molar-refractivity contribution in [2.75, 3.05) is 26.2 Å². The Morgan fingerprint density at radius 1 is 1.11 bits per heavy atom. The van der Waals surface area contributed by atoms with Crippen molar-refractivity contribution >= 4 is 0 Å². The minimum atomic E-state index is -0.483. The van der Waals surface area contributed by atoms with Crippen LogP contribution in [0, 0.1) is 11.6 Å². The summed E-state index contributed by atoms with van der Waals surface area (Å²) in [6, 6.07) is 3.96. The van der Waals surface area contributed by atoms with Crippen LogP contribution in [0.2, 0.25) is 0 Å². The van der Waals surface area contributed by atoms with Crippen molar-refractivity contribution in [3.8, 4) is 0 Å². The Morgan fingerprint density at radius 3 is 2.33 bits per heavy atom. The van der Waals surface area contributed by atoms with Gasteiger partial charge in [-0.15, -0.1) is 0 Å². The lowest BCUT2D eigenvalue weighted by Gasteiger charge is -2.19. The third kappa shape index (κ3) is 4.70. The van der Waals surface area contributed by atoms with E-state index in [0.717, 1.165) is 32.6 Å². The highest BCUT2D eigenvalue weighted by atomic mass is 19.1. The Kier molecular flexibility index (Phi) is 6.83. The van der Waals surface area contributed by atoms with Gasteiger partial charge in [-0.05, 0) is 31.6 Å². The van der Waals surface area contributed by atoms with E-state index < -0.39 is 11.6 Å². The Morgan fingerprint density at radius 2 is 1.78 bits per heavy atom. The molecule has 1 aromatic rings. The summed E-state index contributed by atoms with van der Waals surface area (Å²) in [7, 11) is 0. The number of nitrogens with one attached hydrogen (secondary N) is 1. The highest BCUT2D eigenvalue weighted by Gasteiger charge is 2.07. The van der Waals surface area contributed by atoms with Gasteiger partial charge >= 0.3 is 0 Å². The van der Waals surface area contributed by atoms with Gasteiger partial charge in [0.25, 0.3) is 0 Å². The first-order valence-electron chi connectivity index (χ1n) is 6.55. The fraction of sp³-hybridized carbons (Fsp3) is 0.571. The lowest BCUT2D eigenvalue weighted by atomic mass is 10.2. The van der Waals surface area contributed by atoms with Crippen LogP contribution in [0.3, 0.4) is 0 Å². The van der Waals surface area contributed by atoms with Gasteiger partial charge in [-0.1, -0.05) is 19.9 Å². The standard InChI is InChI=1S/C14H22F2N2/c1-3-9-18(4-2)10-8-17-11-12-13(15)6-5-7-14(12)16/h5-7,17H,3-4,8-11H2,1-2H3. The van der Waals surface area contributed by atoms with E-state index in [1.54, 1.807) is 0 Å². The molecule has 1 rings (SSSR count). The molecule has 2 nitrogen and oxygen atoms in total. The van der Waals surface area contributed by atoms with E-state index in [0.29, 0.717) is 0 Å². The molecule has 0 amide bonds. The molecule has 0 aliphatic carbocycles. The van der Waals surface area contributed by atoms with Crippen LogP contribution in [0.5, 0.6) is 0 Å². The quantitative estimate of drug-likeness (QED) is 0.719. The molecule has 0 aliphatic rings. The minimum absolute atomic E-state index is 0.121. The lowest BCUT2D eigenvalue weighted by Crippen LogP contribution is -2.32. The van der Waals surface area contributed by atoms with Gasteiger partial charge in [0, 0.05) is 25.2 Å². The van der Waals surface area contributed by atoms with Crippen LogP contribution >= 0.6 is 0 Å². The second-order valence-electron chi connectivity index (χ2n) is 4.31. The molecule has 0 saturated carbocycles. The van der Waals surface area contributed by atoms with Crippen molar-refractivity contribution < 1.29 is 8.78 Å². The zero-order valence-corrected chi connectivity index (χ0v) is 11.2. The highest BCUT2D eigenvalue weighted by Crippen LogP contribution is 2.11. The predicted octanol–water partition coefficient (Wildman–Crippen LogP) is 2.79. The second kappa shape index (κ2) is 8.16. The number of nitrogens with zero attached hydrogens (tertiary/aromatic N) is 1. The topological polar surface area (TPSA) is 15.3 Å². The predicted molar refractivity (Wildman–Crippen MR) is 70.5 cm³/mol. The van der Waals surface area contributed by atoms with Gasteiger partial charge in [-0.3, -0.25) is 0 Å². The van der Waals surface area contributed by atoms with Crippen molar-refractivity contribution in [1.82, 2.24) is 10.2 Å². The smallest absolute Gasteiger partial charge is 0.130 e. The van der Waals surface area contributed by atoms with Gasteiger partial charge in [-0.25, -0.2) is 8.78 Å². The molecule has 0 unspecified atom stereocenters. The molecule has 0 aromatic heterocycles. The summed E-state index contributed by atoms with van der Waals surface area (Å²) in [5.74, 6) is -0.966. The molecule has 18 heavy (non-hydrogen) atoms. The molecule has 0 atom stereocenters. The molecule has 102 valence electrons. The average Bonchev–Trinajstić information content (AvgIpc) is 2.36. The van der Waals surface area contributed by atoms with Gasteiger partial charge < -0.3 is 10.2 Å². The number of benzene rings is 1. The third-order valence-electron chi connectivity index (χ3n) is 2.96. The number of hydrogen-bond donors (Lipinski definition) is 1. The van der Waals surface area contributed by atoms with Gasteiger partial charge in [0.1, 0.15) is 11.6 Å². The molecule has 0 fully saturated rings. The zero-order valence-electron chi connectivity index (χ0n) is 11.2. The maximum absolute atomic E-state index is 13.3. The molecule has 0 heterocycles. The van der Waals surface area contributed by atoms with Gasteiger partial charge in [-0.2, -0.15) is 0 Å². The van der Waals surface area contributed by atoms with Crippen LogP contribution < -0.4 is 5.32 Å². The fourth-order valence-electron chi connectivity index (χ4n) is 1.90. The first-order valence-corrected chi connectivity index (χ1v) is 6.55. The Bertz CT molecular complexity index is 335. The SMILES string of the molecule is CCCN(CC)CCNCc1c(F)cccc1F. The maximum Gasteiger partial charge on any atom is 0.130 e. The summed E-state index contributed by atoms with van der Waals surface area (Å²) >= 11 is 0. The van der Waals surface area contributed by atoms with E-state index in [4.69, 9.17) is 0 Å². The number of hydrogen-bond acceptors (Lipinski definition) is 2. The van der Waals surface area contributed by atoms with E-state index in [9.17, 15) is 8.78 Å². The normalized spacial score (nSPS) is 11.2. The van der Waals surface area contributed by atoms with Crippen molar-refractivity contribution in [2.24, 2.45) is 0 Å². The molecule has 1 N–H and O–H groups in total. The molecule has 4 heteroatoms. The number of halogens is 2. The highest BCUT2D eigenvalue weighted by molar-refractivity contribution is 5.19. The molecule has 0 aliphatic heterocycles. The molecule has 1 aromatic carbocycles. The molecule has 0 saturated heterocycles. The summed E-state index contributed by atoms with van der Waals surface area (Å²) in [4.78, 5) is 2.31. The number of likely N-dealkylation sites (N-methyl/N-ethyl adjacent to an activating group) is 1. The van der Waals surface area contributed by atoms with Gasteiger partial charge in [0.2, 0.25) is 0 Å². The van der Waals surface area contributed by atoms with E-state index in [1.807, 2.05) is 0 Å². The first-order chi connectivity index (χ1) is 8.69. The Balaban J connectivity index is 2.33. The van der Waals surface area contributed by atoms with Crippen LogP contribution in [0.4, 0.5) is 8.78 Å². The van der Waals surface area contributed by atoms with Crippen molar-refractivity contribution in [2.45, 2.75) is 26.8 Å². The summed E-state index contributed by atoms with van der Waals surface area (Å²) in [6.45, 7) is 8.21. The Hall–Kier alpha value is -1.00. The van der Waals surface area contributed by atoms with Crippen molar-refractivity contribution in [1.29, 1.82) is 0 Å². The zero-order chi connectivity index (χ0) is 13.4. The lowest BCUT2D eigenvalue weighted by molar-refractivity contribution is 0.287. The fourth-order valence-corrected chi connectivity index (χ4v) is 1.90. The summed E-state index contributed by atoms with van der Waals surface area (Å²) in [6.07, 6.45) is 1.12. The van der Waals surface area contributed by atoms with Crippen molar-refractivity contribution in [3.63, 3.8) is 0 Å². The third-order valence-corrected chi connectivity index (χ3v) is 2.96. The van der Waals surface area contributed by atoms with Crippen LogP contribution in [-0.2, 0) is 6.54 Å². The van der Waals surface area contributed by atoms with E-state index in [2.05, 4.69) is 24.1 Å². The first kappa shape index (κ1) is 15.1. The van der Waals surface area contributed by atoms with Crippen LogP contribution in [-0.4, -0.2) is 31.1 Å². The molecule has 0 spiro atoms. The summed E-state index contributed by atoms with van der Waals surface area (Å²) in [5, 5.41) is 3.08. The van der Waals surface area contributed by atoms with Crippen LogP contribution in [0.15, 0.2) is 18.2 Å². The monoisotopic (exact) mass is 256 g/mol. The molecular weight excluding hydrogens is 234 g/mol. The van der Waals surface area contributed by atoms with E-state index in [-0.39, 0.29) is 12.1 Å². The van der Waals surface area contributed by atoms with E-state index in [1.165, 1.54) is 18.2 Å². The number of rotatable bonds is 8. The molecule has 0 radical (unpaired) electrons. The van der Waals surface area contributed by atoms with Crippen LogP contribution in [0.25, 0.3) is 0 Å². The minimum Gasteiger partial charge on any atom is -0.311 e. The maximum atomic E-state index is 13.3. The van der Waals surface area contributed by atoms with E-state index >= 15 is 0 Å². The Labute approximate surface area is 108 Å². The van der Waals surface area contributed by atoms with Gasteiger partial charge in [0.15, 0.2) is 0 Å². The van der Waals surface area contributed by atoms with Crippen molar-refractivity contribution in [3.05, 3.63) is 35.4 Å². The van der Waals surface area contributed by atoms with Crippen LogP contribution in [0.1, 0.15) is 25.8 Å². The largest absolute Gasteiger partial charge is 0.311 e. The average molecular weight is 256 g/mol. The molecule has 0 bridgehead atoms. The summed E-state index contributed by atoms with van der Waals surface area (Å²) in [5.41, 5.74) is 0.121. The second-order valence-corrected chi connectivity index (χ2v) is 4.31.